The number of carbonyl (C=O) groups excluding carboxylic acids is 1. The minimum atomic E-state index is -0.711. The number of para-hydroxylation sites is 1. The zero-order valence-corrected chi connectivity index (χ0v) is 12.6. The first-order valence-electron chi connectivity index (χ1n) is 6.70. The van der Waals surface area contributed by atoms with Crippen molar-refractivity contribution in [2.24, 2.45) is 0 Å². The molecule has 22 heavy (non-hydrogen) atoms. The highest BCUT2D eigenvalue weighted by atomic mass is 32.1. The van der Waals surface area contributed by atoms with Crippen LogP contribution in [-0.4, -0.2) is 17.0 Å². The Labute approximate surface area is 130 Å². The fourth-order valence-electron chi connectivity index (χ4n) is 1.90. The summed E-state index contributed by atoms with van der Waals surface area (Å²) in [5.74, 6) is -0.212. The van der Waals surface area contributed by atoms with Crippen LogP contribution in [0.4, 0.5) is 9.52 Å². The number of aromatic nitrogens is 1. The van der Waals surface area contributed by atoms with Gasteiger partial charge in [0.1, 0.15) is 11.6 Å². The first kappa shape index (κ1) is 14.5. The number of ether oxygens (including phenoxy) is 1. The van der Waals surface area contributed by atoms with Gasteiger partial charge in [0.2, 0.25) is 0 Å². The van der Waals surface area contributed by atoms with Gasteiger partial charge < -0.3 is 4.74 Å². The zero-order valence-electron chi connectivity index (χ0n) is 11.7. The van der Waals surface area contributed by atoms with Crippen LogP contribution in [0.2, 0.25) is 0 Å². The predicted molar refractivity (Wildman–Crippen MR) is 84.7 cm³/mol. The molecule has 1 atom stereocenters. The van der Waals surface area contributed by atoms with E-state index in [0.717, 1.165) is 10.2 Å². The molecule has 0 aliphatic rings. The first-order chi connectivity index (χ1) is 10.6. The van der Waals surface area contributed by atoms with Crippen LogP contribution in [0.3, 0.4) is 0 Å². The fourth-order valence-corrected chi connectivity index (χ4v) is 2.77. The van der Waals surface area contributed by atoms with Gasteiger partial charge in [-0.1, -0.05) is 23.5 Å². The number of anilines is 1. The standard InChI is InChI=1S/C16H13FN2O2S/c1-10(21-12-8-6-11(17)7-9-12)15(20)19-16-18-13-4-2-3-5-14(13)22-16/h2-10H,1H3,(H,18,19,20)/t10-/m0/s1. The highest BCUT2D eigenvalue weighted by Crippen LogP contribution is 2.25. The summed E-state index contributed by atoms with van der Waals surface area (Å²) in [4.78, 5) is 16.5. The number of benzene rings is 2. The Balaban J connectivity index is 1.66. The van der Waals surface area contributed by atoms with E-state index >= 15 is 0 Å². The molecule has 0 aliphatic carbocycles. The normalized spacial score (nSPS) is 12.1. The van der Waals surface area contributed by atoms with Gasteiger partial charge >= 0.3 is 0 Å². The zero-order chi connectivity index (χ0) is 15.5. The number of hydrogen-bond donors (Lipinski definition) is 1. The third-order valence-electron chi connectivity index (χ3n) is 3.02. The van der Waals surface area contributed by atoms with Crippen molar-refractivity contribution in [2.75, 3.05) is 5.32 Å². The molecule has 0 spiro atoms. The van der Waals surface area contributed by atoms with Gasteiger partial charge in [0.25, 0.3) is 5.91 Å². The van der Waals surface area contributed by atoms with E-state index in [9.17, 15) is 9.18 Å². The van der Waals surface area contributed by atoms with Gasteiger partial charge in [0.15, 0.2) is 11.2 Å². The lowest BCUT2D eigenvalue weighted by Crippen LogP contribution is -2.30. The second kappa shape index (κ2) is 6.11. The van der Waals surface area contributed by atoms with Gasteiger partial charge in [-0.25, -0.2) is 9.37 Å². The summed E-state index contributed by atoms with van der Waals surface area (Å²) >= 11 is 1.40. The second-order valence-corrected chi connectivity index (χ2v) is 5.72. The number of hydrogen-bond acceptors (Lipinski definition) is 4. The molecule has 3 rings (SSSR count). The third kappa shape index (κ3) is 3.23. The van der Waals surface area contributed by atoms with E-state index in [1.807, 2.05) is 24.3 Å². The monoisotopic (exact) mass is 316 g/mol. The Kier molecular flexibility index (Phi) is 4.02. The summed E-state index contributed by atoms with van der Waals surface area (Å²) in [5, 5.41) is 3.26. The Morgan fingerprint density at radius 1 is 1.23 bits per heavy atom. The Hall–Kier alpha value is -2.47. The Morgan fingerprint density at radius 2 is 1.95 bits per heavy atom. The van der Waals surface area contributed by atoms with Gasteiger partial charge in [0, 0.05) is 0 Å². The third-order valence-corrected chi connectivity index (χ3v) is 3.97. The minimum Gasteiger partial charge on any atom is -0.481 e. The summed E-state index contributed by atoms with van der Waals surface area (Å²) in [6.07, 6.45) is -0.711. The van der Waals surface area contributed by atoms with Crippen molar-refractivity contribution in [3.63, 3.8) is 0 Å². The van der Waals surface area contributed by atoms with E-state index in [1.165, 1.54) is 35.6 Å². The summed E-state index contributed by atoms with van der Waals surface area (Å²) in [6, 6.07) is 13.2. The number of rotatable bonds is 4. The number of fused-ring (bicyclic) bond motifs is 1. The maximum Gasteiger partial charge on any atom is 0.266 e. The summed E-state index contributed by atoms with van der Waals surface area (Å²) < 4.78 is 19.3. The quantitative estimate of drug-likeness (QED) is 0.795. The van der Waals surface area contributed by atoms with E-state index in [-0.39, 0.29) is 11.7 Å². The summed E-state index contributed by atoms with van der Waals surface area (Å²) in [5.41, 5.74) is 0.843. The van der Waals surface area contributed by atoms with Crippen molar-refractivity contribution in [2.45, 2.75) is 13.0 Å². The minimum absolute atomic E-state index is 0.302. The van der Waals surface area contributed by atoms with Crippen LogP contribution < -0.4 is 10.1 Å². The molecule has 3 aromatic rings. The smallest absolute Gasteiger partial charge is 0.266 e. The van der Waals surface area contributed by atoms with Crippen LogP contribution >= 0.6 is 11.3 Å². The van der Waals surface area contributed by atoms with Crippen LogP contribution in [-0.2, 0) is 4.79 Å². The summed E-state index contributed by atoms with van der Waals surface area (Å²) in [7, 11) is 0. The average molecular weight is 316 g/mol. The number of amides is 1. The first-order valence-corrected chi connectivity index (χ1v) is 7.52. The molecule has 0 radical (unpaired) electrons. The lowest BCUT2D eigenvalue weighted by atomic mass is 10.3. The molecule has 6 heteroatoms. The van der Waals surface area contributed by atoms with E-state index in [2.05, 4.69) is 10.3 Å². The van der Waals surface area contributed by atoms with Crippen molar-refractivity contribution in [3.05, 3.63) is 54.3 Å². The van der Waals surface area contributed by atoms with Crippen molar-refractivity contribution in [1.29, 1.82) is 0 Å². The van der Waals surface area contributed by atoms with Crippen molar-refractivity contribution in [3.8, 4) is 5.75 Å². The lowest BCUT2D eigenvalue weighted by molar-refractivity contribution is -0.122. The molecule has 1 aromatic heterocycles. The van der Waals surface area contributed by atoms with Crippen molar-refractivity contribution >= 4 is 32.6 Å². The number of nitrogens with one attached hydrogen (secondary N) is 1. The van der Waals surface area contributed by atoms with Gasteiger partial charge in [-0.15, -0.1) is 0 Å². The van der Waals surface area contributed by atoms with Crippen LogP contribution in [0, 0.1) is 5.82 Å². The number of carbonyl (C=O) groups is 1. The highest BCUT2D eigenvalue weighted by Gasteiger charge is 2.16. The number of halogens is 1. The second-order valence-electron chi connectivity index (χ2n) is 4.69. The van der Waals surface area contributed by atoms with Crippen molar-refractivity contribution < 1.29 is 13.9 Å². The van der Waals surface area contributed by atoms with Crippen LogP contribution in [0.1, 0.15) is 6.92 Å². The van der Waals surface area contributed by atoms with Crippen LogP contribution in [0.15, 0.2) is 48.5 Å². The molecular formula is C16H13FN2O2S. The Morgan fingerprint density at radius 3 is 2.68 bits per heavy atom. The molecule has 0 saturated carbocycles. The molecule has 0 bridgehead atoms. The van der Waals surface area contributed by atoms with Gasteiger partial charge in [-0.05, 0) is 43.3 Å². The van der Waals surface area contributed by atoms with Crippen LogP contribution in [0.25, 0.3) is 10.2 Å². The molecule has 1 N–H and O–H groups in total. The van der Waals surface area contributed by atoms with Crippen molar-refractivity contribution in [1.82, 2.24) is 4.98 Å². The van der Waals surface area contributed by atoms with Gasteiger partial charge in [-0.3, -0.25) is 10.1 Å². The molecule has 0 unspecified atom stereocenters. The van der Waals surface area contributed by atoms with E-state index in [4.69, 9.17) is 4.74 Å². The molecular weight excluding hydrogens is 303 g/mol. The topological polar surface area (TPSA) is 51.2 Å². The molecule has 0 fully saturated rings. The number of nitrogens with zero attached hydrogens (tertiary/aromatic N) is 1. The molecule has 4 nitrogen and oxygen atoms in total. The van der Waals surface area contributed by atoms with Gasteiger partial charge in [-0.2, -0.15) is 0 Å². The number of thiazole rings is 1. The molecule has 2 aromatic carbocycles. The molecule has 1 amide bonds. The molecule has 0 aliphatic heterocycles. The molecule has 112 valence electrons. The lowest BCUT2D eigenvalue weighted by Gasteiger charge is -2.13. The molecule has 0 saturated heterocycles. The predicted octanol–water partition coefficient (Wildman–Crippen LogP) is 3.84. The highest BCUT2D eigenvalue weighted by molar-refractivity contribution is 7.22. The SMILES string of the molecule is C[C@H](Oc1ccc(F)cc1)C(=O)Nc1nc2ccccc2s1. The maximum atomic E-state index is 12.8. The fraction of sp³-hybridized carbons (Fsp3) is 0.125. The average Bonchev–Trinajstić information content (AvgIpc) is 2.91. The van der Waals surface area contributed by atoms with E-state index < -0.39 is 6.10 Å². The van der Waals surface area contributed by atoms with E-state index in [1.54, 1.807) is 6.92 Å². The van der Waals surface area contributed by atoms with E-state index in [0.29, 0.717) is 10.9 Å². The summed E-state index contributed by atoms with van der Waals surface area (Å²) in [6.45, 7) is 1.63. The molecule has 1 heterocycles. The van der Waals surface area contributed by atoms with Crippen LogP contribution in [0.5, 0.6) is 5.75 Å². The maximum absolute atomic E-state index is 12.8. The largest absolute Gasteiger partial charge is 0.481 e. The van der Waals surface area contributed by atoms with Gasteiger partial charge in [0.05, 0.1) is 10.2 Å². The Bertz CT molecular complexity index is 768.